The Balaban J connectivity index is 1.92. The van der Waals surface area contributed by atoms with Gasteiger partial charge in [0.25, 0.3) is 0 Å². The van der Waals surface area contributed by atoms with Crippen LogP contribution in [0.4, 0.5) is 5.69 Å². The molecule has 0 unspecified atom stereocenters. The van der Waals surface area contributed by atoms with Gasteiger partial charge >= 0.3 is 0 Å². The van der Waals surface area contributed by atoms with Crippen molar-refractivity contribution >= 4 is 23.0 Å². The SMILES string of the molecule is Cc1ccc(NC(=S)NC[C@H](c2ccco2)N(C)C)cc1C. The summed E-state index contributed by atoms with van der Waals surface area (Å²) in [5.74, 6) is 0.923. The van der Waals surface area contributed by atoms with Crippen molar-refractivity contribution in [1.82, 2.24) is 10.2 Å². The largest absolute Gasteiger partial charge is 0.468 e. The molecular formula is C17H23N3OS. The zero-order valence-electron chi connectivity index (χ0n) is 13.5. The van der Waals surface area contributed by atoms with Crippen molar-refractivity contribution in [1.29, 1.82) is 0 Å². The molecule has 2 aromatic rings. The number of furan rings is 1. The van der Waals surface area contributed by atoms with Gasteiger partial charge in [-0.2, -0.15) is 0 Å². The van der Waals surface area contributed by atoms with E-state index >= 15 is 0 Å². The van der Waals surface area contributed by atoms with Gasteiger partial charge < -0.3 is 15.1 Å². The number of hydrogen-bond acceptors (Lipinski definition) is 3. The standard InChI is InChI=1S/C17H23N3OS/c1-12-7-8-14(10-13(12)2)19-17(22)18-11-15(20(3)4)16-6-5-9-21-16/h5-10,15H,11H2,1-4H3,(H2,18,19,22)/t15-/m1/s1. The molecule has 0 bridgehead atoms. The smallest absolute Gasteiger partial charge is 0.170 e. The second kappa shape index (κ2) is 7.42. The van der Waals surface area contributed by atoms with E-state index < -0.39 is 0 Å². The Bertz CT molecular complexity index is 623. The first-order chi connectivity index (χ1) is 10.5. The van der Waals surface area contributed by atoms with Crippen molar-refractivity contribution in [2.45, 2.75) is 19.9 Å². The van der Waals surface area contributed by atoms with E-state index in [4.69, 9.17) is 16.6 Å². The molecule has 1 heterocycles. The van der Waals surface area contributed by atoms with Crippen molar-refractivity contribution in [2.75, 3.05) is 26.0 Å². The first kappa shape index (κ1) is 16.5. The van der Waals surface area contributed by atoms with Gasteiger partial charge in [-0.15, -0.1) is 0 Å². The predicted molar refractivity (Wildman–Crippen MR) is 95.3 cm³/mol. The molecule has 0 amide bonds. The van der Waals surface area contributed by atoms with Crippen LogP contribution in [0.3, 0.4) is 0 Å². The Labute approximate surface area is 137 Å². The molecule has 0 fully saturated rings. The van der Waals surface area contributed by atoms with E-state index in [1.165, 1.54) is 11.1 Å². The maximum atomic E-state index is 5.49. The van der Waals surface area contributed by atoms with Gasteiger partial charge in [0.1, 0.15) is 5.76 Å². The highest BCUT2D eigenvalue weighted by Gasteiger charge is 2.16. The van der Waals surface area contributed by atoms with E-state index in [2.05, 4.69) is 41.5 Å². The summed E-state index contributed by atoms with van der Waals surface area (Å²) in [5, 5.41) is 7.09. The Morgan fingerprint density at radius 1 is 1.23 bits per heavy atom. The lowest BCUT2D eigenvalue weighted by atomic mass is 10.1. The molecule has 0 aliphatic carbocycles. The number of benzene rings is 1. The molecule has 4 nitrogen and oxygen atoms in total. The highest BCUT2D eigenvalue weighted by molar-refractivity contribution is 7.80. The second-order valence-corrected chi connectivity index (χ2v) is 6.04. The van der Waals surface area contributed by atoms with E-state index in [9.17, 15) is 0 Å². The summed E-state index contributed by atoms with van der Waals surface area (Å²) in [5.41, 5.74) is 3.52. The third-order valence-electron chi connectivity index (χ3n) is 3.72. The van der Waals surface area contributed by atoms with Crippen molar-refractivity contribution < 1.29 is 4.42 Å². The number of thiocarbonyl (C=S) groups is 1. The molecule has 0 aliphatic heterocycles. The first-order valence-corrected chi connectivity index (χ1v) is 7.70. The molecule has 5 heteroatoms. The third-order valence-corrected chi connectivity index (χ3v) is 3.96. The number of nitrogens with zero attached hydrogens (tertiary/aromatic N) is 1. The maximum Gasteiger partial charge on any atom is 0.170 e. The summed E-state index contributed by atoms with van der Waals surface area (Å²) in [7, 11) is 4.04. The maximum absolute atomic E-state index is 5.49. The highest BCUT2D eigenvalue weighted by Crippen LogP contribution is 2.18. The highest BCUT2D eigenvalue weighted by atomic mass is 32.1. The number of nitrogens with one attached hydrogen (secondary N) is 2. The van der Waals surface area contributed by atoms with Gasteiger partial charge in [0.2, 0.25) is 0 Å². The van der Waals surface area contributed by atoms with Crippen LogP contribution in [0.25, 0.3) is 0 Å². The summed E-state index contributed by atoms with van der Waals surface area (Å²) < 4.78 is 5.49. The zero-order valence-corrected chi connectivity index (χ0v) is 14.3. The van der Waals surface area contributed by atoms with Crippen LogP contribution in [0, 0.1) is 13.8 Å². The van der Waals surface area contributed by atoms with Crippen LogP contribution in [0.2, 0.25) is 0 Å². The summed E-state index contributed by atoms with van der Waals surface area (Å²) in [6.45, 7) is 4.87. The summed E-state index contributed by atoms with van der Waals surface area (Å²) in [6.07, 6.45) is 1.69. The average Bonchev–Trinajstić information content (AvgIpc) is 2.97. The van der Waals surface area contributed by atoms with Crippen LogP contribution in [0.15, 0.2) is 41.0 Å². The van der Waals surface area contributed by atoms with E-state index in [1.54, 1.807) is 6.26 Å². The zero-order chi connectivity index (χ0) is 16.1. The minimum Gasteiger partial charge on any atom is -0.468 e. The molecule has 0 aliphatic rings. The minimum atomic E-state index is 0.134. The molecule has 0 spiro atoms. The quantitative estimate of drug-likeness (QED) is 0.826. The molecule has 0 saturated carbocycles. The second-order valence-electron chi connectivity index (χ2n) is 5.63. The van der Waals surface area contributed by atoms with E-state index in [-0.39, 0.29) is 6.04 Å². The molecule has 1 atom stereocenters. The fourth-order valence-electron chi connectivity index (χ4n) is 2.20. The summed E-state index contributed by atoms with van der Waals surface area (Å²) in [4.78, 5) is 2.10. The van der Waals surface area contributed by atoms with Crippen LogP contribution in [0.5, 0.6) is 0 Å². The Morgan fingerprint density at radius 3 is 2.59 bits per heavy atom. The lowest BCUT2D eigenvalue weighted by Gasteiger charge is -2.23. The van der Waals surface area contributed by atoms with Crippen LogP contribution in [0.1, 0.15) is 22.9 Å². The lowest BCUT2D eigenvalue weighted by Crippen LogP contribution is -2.36. The minimum absolute atomic E-state index is 0.134. The van der Waals surface area contributed by atoms with Gasteiger partial charge in [-0.3, -0.25) is 4.90 Å². The molecule has 22 heavy (non-hydrogen) atoms. The van der Waals surface area contributed by atoms with Crippen molar-refractivity contribution in [2.24, 2.45) is 0 Å². The van der Waals surface area contributed by atoms with E-state index in [0.717, 1.165) is 11.4 Å². The predicted octanol–water partition coefficient (Wildman–Crippen LogP) is 3.49. The molecule has 2 N–H and O–H groups in total. The van der Waals surface area contributed by atoms with Crippen LogP contribution >= 0.6 is 12.2 Å². The number of hydrogen-bond donors (Lipinski definition) is 2. The van der Waals surface area contributed by atoms with Gasteiger partial charge in [-0.05, 0) is 75.6 Å². The normalized spacial score (nSPS) is 12.2. The number of likely N-dealkylation sites (N-methyl/N-ethyl adjacent to an activating group) is 1. The Morgan fingerprint density at radius 2 is 2.00 bits per heavy atom. The van der Waals surface area contributed by atoms with Crippen LogP contribution in [-0.4, -0.2) is 30.7 Å². The lowest BCUT2D eigenvalue weighted by molar-refractivity contribution is 0.259. The molecule has 2 rings (SSSR count). The summed E-state index contributed by atoms with van der Waals surface area (Å²) >= 11 is 5.38. The number of anilines is 1. The van der Waals surface area contributed by atoms with Gasteiger partial charge in [-0.25, -0.2) is 0 Å². The van der Waals surface area contributed by atoms with E-state index in [0.29, 0.717) is 11.7 Å². The van der Waals surface area contributed by atoms with Crippen molar-refractivity contribution in [3.05, 3.63) is 53.5 Å². The Kier molecular flexibility index (Phi) is 5.57. The average molecular weight is 317 g/mol. The van der Waals surface area contributed by atoms with Crippen LogP contribution in [-0.2, 0) is 0 Å². The Hall–Kier alpha value is -1.85. The molecule has 1 aromatic carbocycles. The summed E-state index contributed by atoms with van der Waals surface area (Å²) in [6, 6.07) is 10.2. The van der Waals surface area contributed by atoms with Gasteiger partial charge in [0.05, 0.1) is 12.3 Å². The van der Waals surface area contributed by atoms with E-state index in [1.807, 2.05) is 32.3 Å². The first-order valence-electron chi connectivity index (χ1n) is 7.29. The van der Waals surface area contributed by atoms with Crippen molar-refractivity contribution in [3.63, 3.8) is 0 Å². The fourth-order valence-corrected chi connectivity index (χ4v) is 2.40. The molecular weight excluding hydrogens is 294 g/mol. The van der Waals surface area contributed by atoms with Gasteiger partial charge in [0, 0.05) is 12.2 Å². The van der Waals surface area contributed by atoms with Gasteiger partial charge in [0.15, 0.2) is 5.11 Å². The van der Waals surface area contributed by atoms with Gasteiger partial charge in [-0.1, -0.05) is 6.07 Å². The fraction of sp³-hybridized carbons (Fsp3) is 0.353. The van der Waals surface area contributed by atoms with Crippen LogP contribution < -0.4 is 10.6 Å². The van der Waals surface area contributed by atoms with Crippen molar-refractivity contribution in [3.8, 4) is 0 Å². The monoisotopic (exact) mass is 317 g/mol. The topological polar surface area (TPSA) is 40.4 Å². The molecule has 118 valence electrons. The molecule has 0 saturated heterocycles. The number of aryl methyl sites for hydroxylation is 2. The molecule has 0 radical (unpaired) electrons. The molecule has 1 aromatic heterocycles. The third kappa shape index (κ3) is 4.32. The number of rotatable bonds is 5.